The number of aliphatic imine (C=N–C) groups is 1. The van der Waals surface area contributed by atoms with Crippen LogP contribution in [0.2, 0.25) is 0 Å². The van der Waals surface area contributed by atoms with Crippen molar-refractivity contribution in [2.75, 3.05) is 19.0 Å². The van der Waals surface area contributed by atoms with Crippen molar-refractivity contribution in [1.29, 1.82) is 0 Å². The highest BCUT2D eigenvalue weighted by Crippen LogP contribution is 2.31. The van der Waals surface area contributed by atoms with Gasteiger partial charge in [-0.05, 0) is 88.6 Å². The smallest absolute Gasteiger partial charge is 0.378 e. The molecule has 236 valence electrons. The van der Waals surface area contributed by atoms with Gasteiger partial charge in [0.1, 0.15) is 0 Å². The second-order valence-electron chi connectivity index (χ2n) is 10.4. The molecule has 4 aromatic rings. The van der Waals surface area contributed by atoms with E-state index in [2.05, 4.69) is 34.6 Å². The molecule has 1 fully saturated rings. The van der Waals surface area contributed by atoms with Crippen LogP contribution in [0, 0.1) is 0 Å². The highest BCUT2D eigenvalue weighted by Gasteiger charge is 2.31. The molecule has 0 atom stereocenters. The number of thioether (sulfide) groups is 1. The fourth-order valence-corrected chi connectivity index (χ4v) is 6.24. The van der Waals surface area contributed by atoms with Gasteiger partial charge in [0.2, 0.25) is 5.91 Å². The topological polar surface area (TPSA) is 108 Å². The summed E-state index contributed by atoms with van der Waals surface area (Å²) in [6.45, 7) is 0. The lowest BCUT2D eigenvalue weighted by molar-refractivity contribution is -0.137. The summed E-state index contributed by atoms with van der Waals surface area (Å²) in [5.74, 6) is -1.14. The van der Waals surface area contributed by atoms with Crippen LogP contribution in [0.3, 0.4) is 0 Å². The number of carbonyl (C=O) groups excluding carboxylic acids is 2. The fraction of sp³-hybridized carbons (Fsp3) is 0.121. The van der Waals surface area contributed by atoms with Crippen LogP contribution in [0.1, 0.15) is 16.7 Å². The molecule has 1 saturated heterocycles. The van der Waals surface area contributed by atoms with Gasteiger partial charge in [0.05, 0.1) is 27.5 Å². The van der Waals surface area contributed by atoms with Gasteiger partial charge in [-0.15, -0.1) is 0 Å². The van der Waals surface area contributed by atoms with Crippen LogP contribution in [0.25, 0.3) is 17.2 Å². The summed E-state index contributed by atoms with van der Waals surface area (Å²) < 4.78 is 65.0. The second-order valence-corrected chi connectivity index (χ2v) is 13.2. The molecule has 8 nitrogen and oxygen atoms in total. The van der Waals surface area contributed by atoms with Gasteiger partial charge in [0.15, 0.2) is 5.17 Å². The van der Waals surface area contributed by atoms with E-state index in [1.54, 1.807) is 30.3 Å². The molecular weight excluding hydrogens is 638 g/mol. The van der Waals surface area contributed by atoms with Gasteiger partial charge >= 0.3 is 6.18 Å². The molecule has 0 aromatic heterocycles. The van der Waals surface area contributed by atoms with Crippen molar-refractivity contribution in [2.45, 2.75) is 17.5 Å². The van der Waals surface area contributed by atoms with Gasteiger partial charge in [0.25, 0.3) is 15.9 Å². The third kappa shape index (κ3) is 8.03. The summed E-state index contributed by atoms with van der Waals surface area (Å²) >= 11 is 1.19. The predicted molar refractivity (Wildman–Crippen MR) is 174 cm³/mol. The van der Waals surface area contributed by atoms with Gasteiger partial charge in [-0.1, -0.05) is 48.5 Å². The lowest BCUT2D eigenvalue weighted by Crippen LogP contribution is -2.31. The summed E-state index contributed by atoms with van der Waals surface area (Å²) in [6, 6.07) is 25.3. The van der Waals surface area contributed by atoms with E-state index in [-0.39, 0.29) is 12.3 Å². The van der Waals surface area contributed by atoms with Crippen molar-refractivity contribution in [3.63, 3.8) is 0 Å². The highest BCUT2D eigenvalue weighted by molar-refractivity contribution is 8.18. The Morgan fingerprint density at radius 1 is 0.891 bits per heavy atom. The Balaban J connectivity index is 1.18. The van der Waals surface area contributed by atoms with Crippen LogP contribution in [-0.2, 0) is 32.2 Å². The Morgan fingerprint density at radius 2 is 1.48 bits per heavy atom. The summed E-state index contributed by atoms with van der Waals surface area (Å²) in [5, 5.41) is 3.11. The zero-order valence-corrected chi connectivity index (χ0v) is 26.1. The largest absolute Gasteiger partial charge is 0.416 e. The number of amidine groups is 1. The van der Waals surface area contributed by atoms with E-state index >= 15 is 0 Å². The molecule has 0 radical (unpaired) electrons. The van der Waals surface area contributed by atoms with E-state index in [0.29, 0.717) is 33.5 Å². The maximum absolute atomic E-state index is 12.8. The van der Waals surface area contributed by atoms with E-state index in [4.69, 9.17) is 0 Å². The summed E-state index contributed by atoms with van der Waals surface area (Å²) in [7, 11) is -0.378. The quantitative estimate of drug-likeness (QED) is 0.212. The van der Waals surface area contributed by atoms with Crippen molar-refractivity contribution in [3.05, 3.63) is 119 Å². The molecule has 46 heavy (non-hydrogen) atoms. The third-order valence-electron chi connectivity index (χ3n) is 6.85. The molecule has 0 bridgehead atoms. The molecule has 0 aliphatic carbocycles. The van der Waals surface area contributed by atoms with E-state index in [9.17, 15) is 31.2 Å². The lowest BCUT2D eigenvalue weighted by atomic mass is 10.0. The standard InChI is InChI=1S/C33H27F3N4O4S2/c1-40(2)27-15-9-24(10-16-27)23-7-3-21(4-8-23)19-29-31(42)38-32(45-29)37-26-13-5-22(6-14-26)20-30(41)39-46(43,44)28-17-11-25(12-18-28)33(34,35)36/h3-19H,20H2,1-2H3,(H,39,41)(H,37,38,42)/b29-19+. The Kier molecular flexibility index (Phi) is 9.35. The molecule has 13 heteroatoms. The van der Waals surface area contributed by atoms with Crippen molar-refractivity contribution < 1.29 is 31.2 Å². The van der Waals surface area contributed by atoms with Crippen molar-refractivity contribution >= 4 is 56.2 Å². The average Bonchev–Trinajstić information content (AvgIpc) is 3.35. The van der Waals surface area contributed by atoms with Gasteiger partial charge < -0.3 is 10.2 Å². The van der Waals surface area contributed by atoms with Gasteiger partial charge in [0, 0.05) is 19.8 Å². The molecule has 4 aromatic carbocycles. The first kappa shape index (κ1) is 32.5. The molecule has 1 aliphatic heterocycles. The third-order valence-corrected chi connectivity index (χ3v) is 9.15. The molecule has 2 N–H and O–H groups in total. The Bertz CT molecular complexity index is 1920. The molecule has 5 rings (SSSR count). The zero-order chi connectivity index (χ0) is 33.1. The number of carbonyl (C=O) groups is 2. The lowest BCUT2D eigenvalue weighted by Gasteiger charge is -2.12. The van der Waals surface area contributed by atoms with E-state index in [1.807, 2.05) is 48.0 Å². The number of nitrogens with one attached hydrogen (secondary N) is 2. The molecule has 1 aliphatic rings. The van der Waals surface area contributed by atoms with Crippen LogP contribution in [0.15, 0.2) is 112 Å². The Hall–Kier alpha value is -4.88. The molecule has 0 unspecified atom stereocenters. The van der Waals surface area contributed by atoms with Crippen molar-refractivity contribution in [2.24, 2.45) is 4.99 Å². The number of hydrogen-bond donors (Lipinski definition) is 2. The van der Waals surface area contributed by atoms with Crippen LogP contribution in [-0.4, -0.2) is 39.5 Å². The number of alkyl halides is 3. The first-order chi connectivity index (χ1) is 21.8. The molecular formula is C33H27F3N4O4S2. The van der Waals surface area contributed by atoms with Gasteiger partial charge in [-0.2, -0.15) is 13.2 Å². The first-order valence-electron chi connectivity index (χ1n) is 13.8. The fourth-order valence-electron chi connectivity index (χ4n) is 4.41. The number of hydrogen-bond acceptors (Lipinski definition) is 7. The number of halogens is 3. The van der Waals surface area contributed by atoms with Crippen molar-refractivity contribution in [1.82, 2.24) is 10.0 Å². The maximum Gasteiger partial charge on any atom is 0.416 e. The minimum atomic E-state index is -4.61. The highest BCUT2D eigenvalue weighted by atomic mass is 32.2. The number of anilines is 1. The van der Waals surface area contributed by atoms with E-state index in [0.717, 1.165) is 34.5 Å². The average molecular weight is 665 g/mol. The molecule has 0 saturated carbocycles. The Labute approximate surface area is 268 Å². The molecule has 2 amide bonds. The van der Waals surface area contributed by atoms with Gasteiger partial charge in [-0.3, -0.25) is 9.59 Å². The number of amides is 2. The van der Waals surface area contributed by atoms with E-state index < -0.39 is 32.6 Å². The first-order valence-corrected chi connectivity index (χ1v) is 16.1. The molecule has 1 heterocycles. The minimum absolute atomic E-state index is 0.283. The van der Waals surface area contributed by atoms with Crippen LogP contribution >= 0.6 is 11.8 Å². The SMILES string of the molecule is CN(C)c1ccc(-c2ccc(/C=C3/SC(=Nc4ccc(CC(=O)NS(=O)(=O)c5ccc(C(F)(F)F)cc5)cc4)NC3=O)cc2)cc1. The summed E-state index contributed by atoms with van der Waals surface area (Å²) in [6.07, 6.45) is -3.13. The van der Waals surface area contributed by atoms with Crippen LogP contribution in [0.5, 0.6) is 0 Å². The number of rotatable bonds is 8. The minimum Gasteiger partial charge on any atom is -0.378 e. The molecule has 0 spiro atoms. The number of sulfonamides is 1. The summed E-state index contributed by atoms with van der Waals surface area (Å²) in [5.41, 5.74) is 4.08. The maximum atomic E-state index is 12.8. The van der Waals surface area contributed by atoms with Crippen molar-refractivity contribution in [3.8, 4) is 11.1 Å². The normalized spacial score (nSPS) is 15.2. The van der Waals surface area contributed by atoms with Crippen LogP contribution < -0.4 is 14.9 Å². The second kappa shape index (κ2) is 13.2. The Morgan fingerprint density at radius 3 is 2.04 bits per heavy atom. The predicted octanol–water partition coefficient (Wildman–Crippen LogP) is 6.38. The van der Waals surface area contributed by atoms with E-state index in [1.165, 1.54) is 11.8 Å². The van der Waals surface area contributed by atoms with Gasteiger partial charge in [-0.25, -0.2) is 18.1 Å². The summed E-state index contributed by atoms with van der Waals surface area (Å²) in [4.78, 5) is 31.5. The zero-order valence-electron chi connectivity index (χ0n) is 24.5. The number of nitrogens with zero attached hydrogens (tertiary/aromatic N) is 2. The monoisotopic (exact) mass is 664 g/mol. The number of benzene rings is 4. The van der Waals surface area contributed by atoms with Crippen LogP contribution in [0.4, 0.5) is 24.5 Å².